The molecule has 0 radical (unpaired) electrons. The Morgan fingerprint density at radius 1 is 1.55 bits per heavy atom. The lowest BCUT2D eigenvalue weighted by Gasteiger charge is -2.09. The molecule has 1 saturated heterocycles. The first-order chi connectivity index (χ1) is 5.43. The van der Waals surface area contributed by atoms with Crippen LogP contribution in [-0.4, -0.2) is 31.1 Å². The van der Waals surface area contributed by atoms with Gasteiger partial charge in [-0.1, -0.05) is 15.9 Å². The molecule has 0 spiro atoms. The number of hydrogen-bond donors (Lipinski definition) is 1. The van der Waals surface area contributed by atoms with E-state index in [-0.39, 0.29) is 0 Å². The maximum absolute atomic E-state index is 5.46. The predicted molar refractivity (Wildman–Crippen MR) is 50.3 cm³/mol. The SMILES string of the molecule is BrCCCNCC1CCCO1. The van der Waals surface area contributed by atoms with Crippen LogP contribution in [-0.2, 0) is 4.74 Å². The molecular weight excluding hydrogens is 206 g/mol. The summed E-state index contributed by atoms with van der Waals surface area (Å²) >= 11 is 3.39. The lowest BCUT2D eigenvalue weighted by Crippen LogP contribution is -2.27. The lowest BCUT2D eigenvalue weighted by molar-refractivity contribution is 0.110. The van der Waals surface area contributed by atoms with Crippen molar-refractivity contribution in [3.63, 3.8) is 0 Å². The van der Waals surface area contributed by atoms with Gasteiger partial charge >= 0.3 is 0 Å². The molecule has 0 bridgehead atoms. The number of rotatable bonds is 5. The average Bonchev–Trinajstić information content (AvgIpc) is 2.50. The van der Waals surface area contributed by atoms with Crippen molar-refractivity contribution in [3.05, 3.63) is 0 Å². The molecule has 0 aromatic heterocycles. The molecule has 1 unspecified atom stereocenters. The molecule has 1 atom stereocenters. The van der Waals surface area contributed by atoms with Crippen LogP contribution in [0.15, 0.2) is 0 Å². The van der Waals surface area contributed by atoms with Crippen LogP contribution in [0.4, 0.5) is 0 Å². The van der Waals surface area contributed by atoms with Crippen LogP contribution in [0, 0.1) is 0 Å². The molecule has 1 aliphatic rings. The zero-order chi connectivity index (χ0) is 7.94. The number of alkyl halides is 1. The van der Waals surface area contributed by atoms with Crippen molar-refractivity contribution in [2.24, 2.45) is 0 Å². The van der Waals surface area contributed by atoms with E-state index in [0.717, 1.165) is 25.0 Å². The van der Waals surface area contributed by atoms with Gasteiger partial charge in [-0.2, -0.15) is 0 Å². The van der Waals surface area contributed by atoms with Crippen LogP contribution in [0.3, 0.4) is 0 Å². The molecule has 0 aromatic carbocycles. The van der Waals surface area contributed by atoms with Gasteiger partial charge in [-0.05, 0) is 25.8 Å². The molecular formula is C8H16BrNO. The molecule has 0 saturated carbocycles. The Balaban J connectivity index is 1.86. The van der Waals surface area contributed by atoms with E-state index in [9.17, 15) is 0 Å². The van der Waals surface area contributed by atoms with Crippen molar-refractivity contribution in [2.45, 2.75) is 25.4 Å². The average molecular weight is 222 g/mol. The Kier molecular flexibility index (Phi) is 5.15. The highest BCUT2D eigenvalue weighted by atomic mass is 79.9. The fourth-order valence-electron chi connectivity index (χ4n) is 1.26. The lowest BCUT2D eigenvalue weighted by atomic mass is 10.2. The molecule has 0 amide bonds. The van der Waals surface area contributed by atoms with Crippen LogP contribution >= 0.6 is 15.9 Å². The fourth-order valence-corrected chi connectivity index (χ4v) is 1.54. The summed E-state index contributed by atoms with van der Waals surface area (Å²) in [6.07, 6.45) is 4.17. The Bertz CT molecular complexity index is 94.1. The van der Waals surface area contributed by atoms with Crippen LogP contribution in [0.5, 0.6) is 0 Å². The number of hydrogen-bond acceptors (Lipinski definition) is 2. The third kappa shape index (κ3) is 4.09. The summed E-state index contributed by atoms with van der Waals surface area (Å²) in [5.41, 5.74) is 0. The summed E-state index contributed by atoms with van der Waals surface area (Å²) in [5, 5.41) is 4.46. The topological polar surface area (TPSA) is 21.3 Å². The van der Waals surface area contributed by atoms with Crippen molar-refractivity contribution in [2.75, 3.05) is 25.0 Å². The molecule has 1 heterocycles. The first kappa shape index (κ1) is 9.49. The molecule has 1 rings (SSSR count). The summed E-state index contributed by atoms with van der Waals surface area (Å²) in [6, 6.07) is 0. The minimum Gasteiger partial charge on any atom is -0.377 e. The molecule has 66 valence electrons. The summed E-state index contributed by atoms with van der Waals surface area (Å²) < 4.78 is 5.46. The minimum atomic E-state index is 0.491. The number of halogens is 1. The second-order valence-corrected chi connectivity index (χ2v) is 3.67. The third-order valence-corrected chi connectivity index (χ3v) is 2.44. The van der Waals surface area contributed by atoms with Gasteiger partial charge in [0.1, 0.15) is 0 Å². The Labute approximate surface area is 76.8 Å². The van der Waals surface area contributed by atoms with Gasteiger partial charge in [0.25, 0.3) is 0 Å². The van der Waals surface area contributed by atoms with Crippen LogP contribution in [0.2, 0.25) is 0 Å². The molecule has 0 aromatic rings. The molecule has 11 heavy (non-hydrogen) atoms. The van der Waals surface area contributed by atoms with Gasteiger partial charge in [-0.25, -0.2) is 0 Å². The van der Waals surface area contributed by atoms with E-state index < -0.39 is 0 Å². The zero-order valence-electron chi connectivity index (χ0n) is 6.81. The van der Waals surface area contributed by atoms with Crippen molar-refractivity contribution < 1.29 is 4.74 Å². The Morgan fingerprint density at radius 2 is 2.45 bits per heavy atom. The summed E-state index contributed by atoms with van der Waals surface area (Å²) in [6.45, 7) is 3.10. The molecule has 2 nitrogen and oxygen atoms in total. The van der Waals surface area contributed by atoms with Crippen LogP contribution in [0.25, 0.3) is 0 Å². The van der Waals surface area contributed by atoms with E-state index >= 15 is 0 Å². The number of ether oxygens (including phenoxy) is 1. The van der Waals surface area contributed by atoms with E-state index in [2.05, 4.69) is 21.2 Å². The van der Waals surface area contributed by atoms with Gasteiger partial charge < -0.3 is 10.1 Å². The van der Waals surface area contributed by atoms with Gasteiger partial charge in [-0.3, -0.25) is 0 Å². The van der Waals surface area contributed by atoms with E-state index in [1.807, 2.05) is 0 Å². The number of nitrogens with one attached hydrogen (secondary N) is 1. The zero-order valence-corrected chi connectivity index (χ0v) is 8.40. The fraction of sp³-hybridized carbons (Fsp3) is 1.00. The van der Waals surface area contributed by atoms with Gasteiger partial charge in [-0.15, -0.1) is 0 Å². The second-order valence-electron chi connectivity index (χ2n) is 2.88. The van der Waals surface area contributed by atoms with Crippen molar-refractivity contribution in [3.8, 4) is 0 Å². The normalized spacial score (nSPS) is 24.3. The quantitative estimate of drug-likeness (QED) is 0.562. The molecule has 1 aliphatic heterocycles. The summed E-state index contributed by atoms with van der Waals surface area (Å²) in [5.74, 6) is 0. The summed E-state index contributed by atoms with van der Waals surface area (Å²) in [7, 11) is 0. The molecule has 3 heteroatoms. The Morgan fingerprint density at radius 3 is 3.09 bits per heavy atom. The van der Waals surface area contributed by atoms with Gasteiger partial charge in [0, 0.05) is 18.5 Å². The monoisotopic (exact) mass is 221 g/mol. The van der Waals surface area contributed by atoms with E-state index in [4.69, 9.17) is 4.74 Å². The largest absolute Gasteiger partial charge is 0.377 e. The van der Waals surface area contributed by atoms with Gasteiger partial charge in [0.15, 0.2) is 0 Å². The van der Waals surface area contributed by atoms with Crippen molar-refractivity contribution >= 4 is 15.9 Å². The maximum atomic E-state index is 5.46. The second kappa shape index (κ2) is 5.98. The van der Waals surface area contributed by atoms with E-state index in [1.165, 1.54) is 19.3 Å². The van der Waals surface area contributed by atoms with Crippen molar-refractivity contribution in [1.82, 2.24) is 5.32 Å². The van der Waals surface area contributed by atoms with E-state index in [1.54, 1.807) is 0 Å². The highest BCUT2D eigenvalue weighted by Crippen LogP contribution is 2.10. The standard InChI is InChI=1S/C8H16BrNO/c9-4-2-5-10-7-8-3-1-6-11-8/h8,10H,1-7H2. The molecule has 1 fully saturated rings. The Hall–Kier alpha value is 0.400. The minimum absolute atomic E-state index is 0.491. The highest BCUT2D eigenvalue weighted by Gasteiger charge is 2.13. The predicted octanol–water partition coefficient (Wildman–Crippen LogP) is 1.54. The molecule has 1 N–H and O–H groups in total. The highest BCUT2D eigenvalue weighted by molar-refractivity contribution is 9.09. The smallest absolute Gasteiger partial charge is 0.0700 e. The first-order valence-electron chi connectivity index (χ1n) is 4.32. The van der Waals surface area contributed by atoms with Crippen LogP contribution in [0.1, 0.15) is 19.3 Å². The van der Waals surface area contributed by atoms with Gasteiger partial charge in [0.05, 0.1) is 6.10 Å². The first-order valence-corrected chi connectivity index (χ1v) is 5.44. The van der Waals surface area contributed by atoms with E-state index in [0.29, 0.717) is 6.10 Å². The van der Waals surface area contributed by atoms with Crippen molar-refractivity contribution in [1.29, 1.82) is 0 Å². The van der Waals surface area contributed by atoms with Crippen LogP contribution < -0.4 is 5.32 Å². The van der Waals surface area contributed by atoms with Gasteiger partial charge in [0.2, 0.25) is 0 Å². The maximum Gasteiger partial charge on any atom is 0.0700 e. The summed E-state index contributed by atoms with van der Waals surface area (Å²) in [4.78, 5) is 0. The third-order valence-electron chi connectivity index (χ3n) is 1.88. The molecule has 0 aliphatic carbocycles.